The van der Waals surface area contributed by atoms with Gasteiger partial charge >= 0.3 is 0 Å². The SMILES string of the molecule is O=C(CCc1ccccc1)N1CC=Cc2ccccc21. The third-order valence-corrected chi connectivity index (χ3v) is 3.58. The van der Waals surface area contributed by atoms with E-state index < -0.39 is 0 Å². The molecule has 0 unspecified atom stereocenters. The Morgan fingerprint density at radius 2 is 1.75 bits per heavy atom. The summed E-state index contributed by atoms with van der Waals surface area (Å²) < 4.78 is 0. The van der Waals surface area contributed by atoms with E-state index in [1.54, 1.807) is 0 Å². The molecule has 2 aromatic rings. The van der Waals surface area contributed by atoms with Crippen LogP contribution < -0.4 is 4.90 Å². The number of carbonyl (C=O) groups is 1. The van der Waals surface area contributed by atoms with E-state index in [1.165, 1.54) is 5.56 Å². The van der Waals surface area contributed by atoms with Gasteiger partial charge in [0.05, 0.1) is 5.69 Å². The highest BCUT2D eigenvalue weighted by atomic mass is 16.2. The highest BCUT2D eigenvalue weighted by Gasteiger charge is 2.18. The van der Waals surface area contributed by atoms with Crippen LogP contribution in [-0.2, 0) is 11.2 Å². The number of para-hydroxylation sites is 1. The standard InChI is InChI=1S/C18H17NO/c20-18(13-12-15-7-2-1-3-8-15)19-14-6-10-16-9-4-5-11-17(16)19/h1-11H,12-14H2. The second kappa shape index (κ2) is 5.74. The summed E-state index contributed by atoms with van der Waals surface area (Å²) in [5.41, 5.74) is 3.35. The van der Waals surface area contributed by atoms with Crippen LogP contribution in [-0.4, -0.2) is 12.5 Å². The van der Waals surface area contributed by atoms with Crippen LogP contribution in [0.4, 0.5) is 5.69 Å². The second-order valence-corrected chi connectivity index (χ2v) is 4.95. The monoisotopic (exact) mass is 263 g/mol. The first-order chi connectivity index (χ1) is 9.84. The largest absolute Gasteiger partial charge is 0.308 e. The maximum atomic E-state index is 12.4. The number of hydrogen-bond donors (Lipinski definition) is 0. The molecule has 0 saturated heterocycles. The molecule has 0 aromatic heterocycles. The van der Waals surface area contributed by atoms with E-state index in [-0.39, 0.29) is 5.91 Å². The van der Waals surface area contributed by atoms with Gasteiger partial charge in [-0.25, -0.2) is 0 Å². The van der Waals surface area contributed by atoms with Crippen molar-refractivity contribution in [2.75, 3.05) is 11.4 Å². The Bertz CT molecular complexity index is 631. The van der Waals surface area contributed by atoms with Crippen LogP contribution in [0.5, 0.6) is 0 Å². The lowest BCUT2D eigenvalue weighted by Crippen LogP contribution is -2.33. The minimum Gasteiger partial charge on any atom is -0.308 e. The first-order valence-electron chi connectivity index (χ1n) is 6.94. The number of nitrogens with zero attached hydrogens (tertiary/aromatic N) is 1. The Hall–Kier alpha value is -2.35. The van der Waals surface area contributed by atoms with Crippen LogP contribution in [0.3, 0.4) is 0 Å². The van der Waals surface area contributed by atoms with E-state index in [0.29, 0.717) is 13.0 Å². The highest BCUT2D eigenvalue weighted by Crippen LogP contribution is 2.26. The lowest BCUT2D eigenvalue weighted by Gasteiger charge is -2.26. The molecule has 20 heavy (non-hydrogen) atoms. The summed E-state index contributed by atoms with van der Waals surface area (Å²) >= 11 is 0. The van der Waals surface area contributed by atoms with Gasteiger partial charge < -0.3 is 4.90 Å². The van der Waals surface area contributed by atoms with Gasteiger partial charge in [0.15, 0.2) is 0 Å². The molecule has 0 aliphatic carbocycles. The molecular formula is C18H17NO. The van der Waals surface area contributed by atoms with Gasteiger partial charge in [0.2, 0.25) is 5.91 Å². The fourth-order valence-corrected chi connectivity index (χ4v) is 2.52. The molecule has 1 aliphatic heterocycles. The van der Waals surface area contributed by atoms with E-state index >= 15 is 0 Å². The van der Waals surface area contributed by atoms with Gasteiger partial charge in [-0.15, -0.1) is 0 Å². The molecule has 0 radical (unpaired) electrons. The zero-order valence-electron chi connectivity index (χ0n) is 11.3. The fourth-order valence-electron chi connectivity index (χ4n) is 2.52. The molecular weight excluding hydrogens is 246 g/mol. The molecule has 3 rings (SSSR count). The predicted molar refractivity (Wildman–Crippen MR) is 82.6 cm³/mol. The van der Waals surface area contributed by atoms with Crippen LogP contribution in [0, 0.1) is 0 Å². The lowest BCUT2D eigenvalue weighted by atomic mass is 10.1. The predicted octanol–water partition coefficient (Wildman–Crippen LogP) is 3.68. The van der Waals surface area contributed by atoms with Crippen LogP contribution in [0.2, 0.25) is 0 Å². The van der Waals surface area contributed by atoms with Crippen LogP contribution in [0.15, 0.2) is 60.7 Å². The summed E-state index contributed by atoms with van der Waals surface area (Å²) in [6, 6.07) is 18.2. The number of amides is 1. The highest BCUT2D eigenvalue weighted by molar-refractivity contribution is 5.97. The normalized spacial score (nSPS) is 13.1. The Kier molecular flexibility index (Phi) is 3.64. The van der Waals surface area contributed by atoms with Crippen LogP contribution in [0.25, 0.3) is 6.08 Å². The number of fused-ring (bicyclic) bond motifs is 1. The van der Waals surface area contributed by atoms with Crippen LogP contribution in [0.1, 0.15) is 17.5 Å². The number of rotatable bonds is 3. The summed E-state index contributed by atoms with van der Waals surface area (Å²) in [6.45, 7) is 0.671. The third-order valence-electron chi connectivity index (χ3n) is 3.58. The van der Waals surface area contributed by atoms with Gasteiger partial charge in [-0.2, -0.15) is 0 Å². The van der Waals surface area contributed by atoms with Gasteiger partial charge in [-0.1, -0.05) is 60.7 Å². The van der Waals surface area contributed by atoms with Crippen molar-refractivity contribution < 1.29 is 4.79 Å². The molecule has 2 heteroatoms. The lowest BCUT2D eigenvalue weighted by molar-refractivity contribution is -0.118. The summed E-state index contributed by atoms with van der Waals surface area (Å²) in [7, 11) is 0. The minimum absolute atomic E-state index is 0.186. The van der Waals surface area contributed by atoms with Gasteiger partial charge in [-0.3, -0.25) is 4.79 Å². The molecule has 0 bridgehead atoms. The second-order valence-electron chi connectivity index (χ2n) is 4.95. The van der Waals surface area contributed by atoms with Crippen molar-refractivity contribution in [2.24, 2.45) is 0 Å². The Morgan fingerprint density at radius 3 is 2.60 bits per heavy atom. The summed E-state index contributed by atoms with van der Waals surface area (Å²) in [5.74, 6) is 0.186. The van der Waals surface area contributed by atoms with Crippen molar-refractivity contribution in [1.29, 1.82) is 0 Å². The first-order valence-corrected chi connectivity index (χ1v) is 6.94. The molecule has 0 atom stereocenters. The van der Waals surface area contributed by atoms with Crippen LogP contribution >= 0.6 is 0 Å². The molecule has 1 amide bonds. The van der Waals surface area contributed by atoms with Crippen molar-refractivity contribution in [1.82, 2.24) is 0 Å². The van der Waals surface area contributed by atoms with Crippen molar-refractivity contribution >= 4 is 17.7 Å². The molecule has 1 heterocycles. The summed E-state index contributed by atoms with van der Waals surface area (Å²) in [5, 5.41) is 0. The number of hydrogen-bond acceptors (Lipinski definition) is 1. The third kappa shape index (κ3) is 2.64. The molecule has 0 saturated carbocycles. The van der Waals surface area contributed by atoms with E-state index in [9.17, 15) is 4.79 Å². The van der Waals surface area contributed by atoms with E-state index in [4.69, 9.17) is 0 Å². The smallest absolute Gasteiger partial charge is 0.227 e. The van der Waals surface area contributed by atoms with E-state index in [0.717, 1.165) is 17.7 Å². The van der Waals surface area contributed by atoms with Crippen molar-refractivity contribution in [3.63, 3.8) is 0 Å². The van der Waals surface area contributed by atoms with Gasteiger partial charge in [0.1, 0.15) is 0 Å². The summed E-state index contributed by atoms with van der Waals surface area (Å²) in [4.78, 5) is 14.3. The maximum absolute atomic E-state index is 12.4. The molecule has 2 aromatic carbocycles. The average molecular weight is 263 g/mol. The van der Waals surface area contributed by atoms with Gasteiger partial charge in [0, 0.05) is 13.0 Å². The van der Waals surface area contributed by atoms with Gasteiger partial charge in [0.25, 0.3) is 0 Å². The molecule has 0 spiro atoms. The van der Waals surface area contributed by atoms with Crippen molar-refractivity contribution in [3.8, 4) is 0 Å². The summed E-state index contributed by atoms with van der Waals surface area (Å²) in [6.07, 6.45) is 5.47. The van der Waals surface area contributed by atoms with Crippen molar-refractivity contribution in [2.45, 2.75) is 12.8 Å². The number of aryl methyl sites for hydroxylation is 1. The Balaban J connectivity index is 1.71. The molecule has 100 valence electrons. The zero-order valence-corrected chi connectivity index (χ0v) is 11.3. The van der Waals surface area contributed by atoms with Gasteiger partial charge in [-0.05, 0) is 23.6 Å². The Morgan fingerprint density at radius 1 is 1.00 bits per heavy atom. The number of carbonyl (C=O) groups excluding carboxylic acids is 1. The minimum atomic E-state index is 0.186. The quantitative estimate of drug-likeness (QED) is 0.827. The number of benzene rings is 2. The fraction of sp³-hybridized carbons (Fsp3) is 0.167. The zero-order chi connectivity index (χ0) is 13.8. The topological polar surface area (TPSA) is 20.3 Å². The van der Waals surface area contributed by atoms with E-state index in [2.05, 4.69) is 18.2 Å². The first kappa shape index (κ1) is 12.7. The average Bonchev–Trinajstić information content (AvgIpc) is 2.53. The Labute approximate surface area is 119 Å². The maximum Gasteiger partial charge on any atom is 0.227 e. The number of anilines is 1. The van der Waals surface area contributed by atoms with Crippen molar-refractivity contribution in [3.05, 3.63) is 71.8 Å². The molecule has 2 nitrogen and oxygen atoms in total. The molecule has 0 N–H and O–H groups in total. The van der Waals surface area contributed by atoms with E-state index in [1.807, 2.05) is 53.4 Å². The molecule has 1 aliphatic rings. The molecule has 0 fully saturated rings.